The van der Waals surface area contributed by atoms with E-state index in [0.29, 0.717) is 18.9 Å². The van der Waals surface area contributed by atoms with E-state index < -0.39 is 0 Å². The Morgan fingerprint density at radius 2 is 2.05 bits per heavy atom. The van der Waals surface area contributed by atoms with Crippen molar-refractivity contribution in [2.45, 2.75) is 39.8 Å². The number of hydrogen-bond acceptors (Lipinski definition) is 3. The molecule has 0 aliphatic carbocycles. The first-order valence-electron chi connectivity index (χ1n) is 7.90. The lowest BCUT2D eigenvalue weighted by atomic mass is 10.1. The van der Waals surface area contributed by atoms with Gasteiger partial charge in [-0.1, -0.05) is 44.2 Å². The zero-order chi connectivity index (χ0) is 15.8. The van der Waals surface area contributed by atoms with Gasteiger partial charge in [-0.3, -0.25) is 4.68 Å². The van der Waals surface area contributed by atoms with E-state index >= 15 is 0 Å². The van der Waals surface area contributed by atoms with Crippen LogP contribution in [-0.4, -0.2) is 16.3 Å². The van der Waals surface area contributed by atoms with E-state index in [9.17, 15) is 0 Å². The molecule has 1 aromatic carbocycles. The smallest absolute Gasteiger partial charge is 0.0968 e. The van der Waals surface area contributed by atoms with Gasteiger partial charge in [-0.15, -0.1) is 0 Å². The van der Waals surface area contributed by atoms with Gasteiger partial charge in [0, 0.05) is 23.9 Å². The fourth-order valence-electron chi connectivity index (χ4n) is 2.32. The SMILES string of the molecule is CC(C)CCNCc1cn(CCC#N)nc1-c1ccccc1. The summed E-state index contributed by atoms with van der Waals surface area (Å²) in [6.45, 7) is 6.93. The number of nitrogens with zero attached hydrogens (tertiary/aromatic N) is 3. The maximum absolute atomic E-state index is 8.74. The zero-order valence-corrected chi connectivity index (χ0v) is 13.4. The molecule has 4 nitrogen and oxygen atoms in total. The Morgan fingerprint density at radius 3 is 2.73 bits per heavy atom. The van der Waals surface area contributed by atoms with Gasteiger partial charge in [0.05, 0.1) is 24.7 Å². The molecule has 1 aromatic heterocycles. The highest BCUT2D eigenvalue weighted by atomic mass is 15.3. The van der Waals surface area contributed by atoms with E-state index in [1.54, 1.807) is 0 Å². The molecule has 1 N–H and O–H groups in total. The fraction of sp³-hybridized carbons (Fsp3) is 0.444. The van der Waals surface area contributed by atoms with Crippen LogP contribution in [0.5, 0.6) is 0 Å². The standard InChI is InChI=1S/C18H24N4/c1-15(2)9-11-20-13-17-14-22(12-6-10-19)21-18(17)16-7-4-3-5-8-16/h3-5,7-8,14-15,20H,6,9,11-13H2,1-2H3. The van der Waals surface area contributed by atoms with Gasteiger partial charge in [0.2, 0.25) is 0 Å². The molecule has 2 aromatic rings. The number of aromatic nitrogens is 2. The van der Waals surface area contributed by atoms with Crippen LogP contribution < -0.4 is 5.32 Å². The topological polar surface area (TPSA) is 53.6 Å². The van der Waals surface area contributed by atoms with Crippen LogP contribution in [0.4, 0.5) is 0 Å². The summed E-state index contributed by atoms with van der Waals surface area (Å²) < 4.78 is 1.88. The molecule has 0 saturated heterocycles. The Kier molecular flexibility index (Phi) is 6.17. The van der Waals surface area contributed by atoms with Crippen LogP contribution in [0, 0.1) is 17.2 Å². The van der Waals surface area contributed by atoms with Crippen LogP contribution in [0.2, 0.25) is 0 Å². The molecule has 0 spiro atoms. The predicted molar refractivity (Wildman–Crippen MR) is 89.1 cm³/mol. The minimum absolute atomic E-state index is 0.482. The number of hydrogen-bond donors (Lipinski definition) is 1. The summed E-state index contributed by atoms with van der Waals surface area (Å²) in [5, 5.41) is 16.9. The zero-order valence-electron chi connectivity index (χ0n) is 13.4. The van der Waals surface area contributed by atoms with Gasteiger partial charge < -0.3 is 5.32 Å². The molecule has 0 radical (unpaired) electrons. The summed E-state index contributed by atoms with van der Waals surface area (Å²) in [6, 6.07) is 12.4. The lowest BCUT2D eigenvalue weighted by Gasteiger charge is -2.07. The van der Waals surface area contributed by atoms with Crippen molar-refractivity contribution < 1.29 is 0 Å². The van der Waals surface area contributed by atoms with Crippen LogP contribution in [0.15, 0.2) is 36.5 Å². The molecule has 0 amide bonds. The summed E-state index contributed by atoms with van der Waals surface area (Å²) >= 11 is 0. The highest BCUT2D eigenvalue weighted by Gasteiger charge is 2.10. The molecule has 116 valence electrons. The number of nitrogens with one attached hydrogen (secondary N) is 1. The largest absolute Gasteiger partial charge is 0.313 e. The van der Waals surface area contributed by atoms with Crippen LogP contribution in [0.1, 0.15) is 32.3 Å². The Hall–Kier alpha value is -2.12. The maximum atomic E-state index is 8.74. The summed E-state index contributed by atoms with van der Waals surface area (Å²) in [6.07, 6.45) is 3.71. The second kappa shape index (κ2) is 8.35. The fourth-order valence-corrected chi connectivity index (χ4v) is 2.32. The number of benzene rings is 1. The van der Waals surface area contributed by atoms with Crippen molar-refractivity contribution in [3.8, 4) is 17.3 Å². The van der Waals surface area contributed by atoms with E-state index in [1.165, 1.54) is 12.0 Å². The molecular formula is C18H24N4. The Bertz CT molecular complexity index is 608. The summed E-state index contributed by atoms with van der Waals surface area (Å²) in [4.78, 5) is 0. The minimum atomic E-state index is 0.482. The average molecular weight is 296 g/mol. The number of aryl methyl sites for hydroxylation is 1. The van der Waals surface area contributed by atoms with Gasteiger partial charge in [0.25, 0.3) is 0 Å². The van der Waals surface area contributed by atoms with Gasteiger partial charge in [0.15, 0.2) is 0 Å². The molecule has 1 heterocycles. The summed E-state index contributed by atoms with van der Waals surface area (Å²) in [5.41, 5.74) is 3.32. The van der Waals surface area contributed by atoms with E-state index in [4.69, 9.17) is 5.26 Å². The third-order valence-electron chi connectivity index (χ3n) is 3.55. The highest BCUT2D eigenvalue weighted by Crippen LogP contribution is 2.22. The lowest BCUT2D eigenvalue weighted by molar-refractivity contribution is 0.537. The molecule has 0 saturated carbocycles. The van der Waals surface area contributed by atoms with Crippen molar-refractivity contribution in [2.24, 2.45) is 5.92 Å². The third kappa shape index (κ3) is 4.71. The molecule has 0 bridgehead atoms. The summed E-state index contributed by atoms with van der Waals surface area (Å²) in [5.74, 6) is 0.708. The van der Waals surface area contributed by atoms with Gasteiger partial charge in [0.1, 0.15) is 0 Å². The second-order valence-electron chi connectivity index (χ2n) is 5.90. The van der Waals surface area contributed by atoms with Gasteiger partial charge >= 0.3 is 0 Å². The second-order valence-corrected chi connectivity index (χ2v) is 5.90. The van der Waals surface area contributed by atoms with Crippen molar-refractivity contribution in [2.75, 3.05) is 6.54 Å². The molecule has 0 unspecified atom stereocenters. The molecule has 2 rings (SSSR count). The first-order valence-corrected chi connectivity index (χ1v) is 7.90. The molecule has 0 aliphatic heterocycles. The quantitative estimate of drug-likeness (QED) is 0.757. The van der Waals surface area contributed by atoms with Crippen molar-refractivity contribution in [3.63, 3.8) is 0 Å². The molecular weight excluding hydrogens is 272 g/mol. The van der Waals surface area contributed by atoms with Gasteiger partial charge in [-0.25, -0.2) is 0 Å². The molecule has 22 heavy (non-hydrogen) atoms. The third-order valence-corrected chi connectivity index (χ3v) is 3.55. The van der Waals surface area contributed by atoms with E-state index in [-0.39, 0.29) is 0 Å². The molecule has 0 aliphatic rings. The van der Waals surface area contributed by atoms with Crippen LogP contribution in [0.3, 0.4) is 0 Å². The summed E-state index contributed by atoms with van der Waals surface area (Å²) in [7, 11) is 0. The molecule has 0 fully saturated rings. The minimum Gasteiger partial charge on any atom is -0.313 e. The predicted octanol–water partition coefficient (Wildman–Crippen LogP) is 3.60. The van der Waals surface area contributed by atoms with E-state index in [2.05, 4.69) is 48.7 Å². The molecule has 0 atom stereocenters. The van der Waals surface area contributed by atoms with Crippen LogP contribution >= 0.6 is 0 Å². The number of rotatable bonds is 8. The van der Waals surface area contributed by atoms with E-state index in [0.717, 1.165) is 24.3 Å². The van der Waals surface area contributed by atoms with E-state index in [1.807, 2.05) is 22.9 Å². The van der Waals surface area contributed by atoms with Crippen LogP contribution in [0.25, 0.3) is 11.3 Å². The Labute approximate surface area is 132 Å². The Morgan fingerprint density at radius 1 is 1.27 bits per heavy atom. The average Bonchev–Trinajstić information content (AvgIpc) is 2.93. The van der Waals surface area contributed by atoms with Crippen molar-refractivity contribution in [1.29, 1.82) is 5.26 Å². The lowest BCUT2D eigenvalue weighted by Crippen LogP contribution is -2.16. The van der Waals surface area contributed by atoms with Crippen molar-refractivity contribution >= 4 is 0 Å². The van der Waals surface area contributed by atoms with Crippen LogP contribution in [-0.2, 0) is 13.1 Å². The molecule has 4 heteroatoms. The first-order chi connectivity index (χ1) is 10.7. The van der Waals surface area contributed by atoms with Crippen molar-refractivity contribution in [3.05, 3.63) is 42.1 Å². The van der Waals surface area contributed by atoms with Crippen molar-refractivity contribution in [1.82, 2.24) is 15.1 Å². The first kappa shape index (κ1) is 16.3. The monoisotopic (exact) mass is 296 g/mol. The normalized spacial score (nSPS) is 10.8. The van der Waals surface area contributed by atoms with Gasteiger partial charge in [-0.2, -0.15) is 10.4 Å². The number of nitriles is 1. The maximum Gasteiger partial charge on any atom is 0.0968 e. The highest BCUT2D eigenvalue weighted by molar-refractivity contribution is 5.62. The Balaban J connectivity index is 2.11. The van der Waals surface area contributed by atoms with Gasteiger partial charge in [-0.05, 0) is 18.9 Å².